The molecule has 2 amide bonds. The Morgan fingerprint density at radius 2 is 1.73 bits per heavy atom. The largest absolute Gasteiger partial charge is 0.497 e. The van der Waals surface area contributed by atoms with E-state index in [0.29, 0.717) is 16.5 Å². The summed E-state index contributed by atoms with van der Waals surface area (Å²) in [5.74, 6) is -0.695. The number of aromatic amines is 1. The van der Waals surface area contributed by atoms with Crippen LogP contribution >= 0.6 is 23.1 Å². The van der Waals surface area contributed by atoms with Gasteiger partial charge >= 0.3 is 4.87 Å². The maximum Gasteiger partial charge on any atom is 0.305 e. The number of aryl methyl sites for hydroxylation is 1. The van der Waals surface area contributed by atoms with Crippen LogP contribution < -0.4 is 14.5 Å². The highest BCUT2D eigenvalue weighted by Crippen LogP contribution is 2.53. The Morgan fingerprint density at radius 3 is 2.43 bits per heavy atom. The SMILES string of the molecule is COc1ccc(C2c3sc(=O)[nH]c3SC3C(=O)N(c4ccccc4C)C(=O)C32)cc1. The van der Waals surface area contributed by atoms with Gasteiger partial charge in [-0.25, -0.2) is 4.90 Å². The number of nitrogens with one attached hydrogen (secondary N) is 1. The molecule has 3 heterocycles. The highest BCUT2D eigenvalue weighted by atomic mass is 32.2. The molecule has 1 N–H and O–H groups in total. The van der Waals surface area contributed by atoms with E-state index < -0.39 is 11.2 Å². The van der Waals surface area contributed by atoms with E-state index in [1.54, 1.807) is 13.2 Å². The Hall–Kier alpha value is -2.84. The number of carbonyl (C=O) groups excluding carboxylic acids is 2. The summed E-state index contributed by atoms with van der Waals surface area (Å²) in [5.41, 5.74) is 2.37. The zero-order chi connectivity index (χ0) is 21.0. The summed E-state index contributed by atoms with van der Waals surface area (Å²) in [6.07, 6.45) is 0. The van der Waals surface area contributed by atoms with Crippen molar-refractivity contribution >= 4 is 40.6 Å². The van der Waals surface area contributed by atoms with Gasteiger partial charge in [0.1, 0.15) is 11.0 Å². The van der Waals surface area contributed by atoms with Gasteiger partial charge in [-0.2, -0.15) is 0 Å². The number of methoxy groups -OCH3 is 1. The standard InChI is InChI=1S/C22H18N2O4S2/c1-11-5-3-4-6-14(11)24-20(25)16-15(12-7-9-13(28-2)10-8-12)17-19(23-22(27)30-17)29-18(16)21(24)26/h3-10,15-16,18H,1-2H3,(H,23,27). The van der Waals surface area contributed by atoms with Gasteiger partial charge in [0, 0.05) is 10.8 Å². The molecule has 152 valence electrons. The average molecular weight is 439 g/mol. The van der Waals surface area contributed by atoms with Crippen LogP contribution in [0.25, 0.3) is 0 Å². The van der Waals surface area contributed by atoms with Crippen LogP contribution in [0.3, 0.4) is 0 Å². The second-order valence-electron chi connectivity index (χ2n) is 7.32. The van der Waals surface area contributed by atoms with E-state index in [4.69, 9.17) is 4.74 Å². The number of aromatic nitrogens is 1. The molecule has 6 nitrogen and oxygen atoms in total. The minimum Gasteiger partial charge on any atom is -0.497 e. The van der Waals surface area contributed by atoms with E-state index in [1.807, 2.05) is 49.4 Å². The molecule has 0 aliphatic carbocycles. The molecule has 1 saturated heterocycles. The molecule has 3 atom stereocenters. The van der Waals surface area contributed by atoms with Crippen molar-refractivity contribution in [1.82, 2.24) is 4.98 Å². The van der Waals surface area contributed by atoms with Crippen molar-refractivity contribution in [2.45, 2.75) is 23.1 Å². The molecule has 0 radical (unpaired) electrons. The molecule has 0 saturated carbocycles. The lowest BCUT2D eigenvalue weighted by atomic mass is 9.83. The summed E-state index contributed by atoms with van der Waals surface area (Å²) in [7, 11) is 1.59. The van der Waals surface area contributed by atoms with Gasteiger partial charge in [0.05, 0.1) is 23.7 Å². The Labute approximate surface area is 180 Å². The number of anilines is 1. The quantitative estimate of drug-likeness (QED) is 0.633. The van der Waals surface area contributed by atoms with E-state index in [1.165, 1.54) is 16.7 Å². The Kier molecular flexibility index (Phi) is 4.56. The Bertz CT molecular complexity index is 1210. The van der Waals surface area contributed by atoms with E-state index in [-0.39, 0.29) is 22.6 Å². The molecule has 2 aliphatic heterocycles. The third kappa shape index (κ3) is 2.82. The van der Waals surface area contributed by atoms with Crippen LogP contribution in [0.2, 0.25) is 0 Å². The second-order valence-corrected chi connectivity index (χ2v) is 9.49. The zero-order valence-electron chi connectivity index (χ0n) is 16.2. The first-order valence-electron chi connectivity index (χ1n) is 9.46. The number of hydrogen-bond donors (Lipinski definition) is 1. The van der Waals surface area contributed by atoms with Gasteiger partial charge in [-0.3, -0.25) is 14.4 Å². The maximum absolute atomic E-state index is 13.6. The number of para-hydroxylation sites is 1. The third-order valence-electron chi connectivity index (χ3n) is 5.66. The molecule has 1 fully saturated rings. The van der Waals surface area contributed by atoms with Crippen LogP contribution in [-0.4, -0.2) is 29.2 Å². The molecule has 3 aromatic rings. The molecule has 0 spiro atoms. The summed E-state index contributed by atoms with van der Waals surface area (Å²) >= 11 is 2.40. The van der Waals surface area contributed by atoms with Gasteiger partial charge in [-0.15, -0.1) is 0 Å². The summed E-state index contributed by atoms with van der Waals surface area (Å²) in [6, 6.07) is 14.9. The lowest BCUT2D eigenvalue weighted by molar-refractivity contribution is -0.122. The molecule has 30 heavy (non-hydrogen) atoms. The fourth-order valence-electron chi connectivity index (χ4n) is 4.24. The van der Waals surface area contributed by atoms with Crippen molar-refractivity contribution < 1.29 is 14.3 Å². The molecule has 3 unspecified atom stereocenters. The van der Waals surface area contributed by atoms with Crippen molar-refractivity contribution in [2.75, 3.05) is 12.0 Å². The lowest BCUT2D eigenvalue weighted by Crippen LogP contribution is -2.32. The molecule has 2 aliphatic rings. The van der Waals surface area contributed by atoms with Crippen molar-refractivity contribution in [3.63, 3.8) is 0 Å². The number of thiazole rings is 1. The number of rotatable bonds is 3. The summed E-state index contributed by atoms with van der Waals surface area (Å²) < 4.78 is 5.26. The highest BCUT2D eigenvalue weighted by molar-refractivity contribution is 8.00. The molecule has 1 aromatic heterocycles. The zero-order valence-corrected chi connectivity index (χ0v) is 17.9. The van der Waals surface area contributed by atoms with Crippen molar-refractivity contribution in [3.05, 3.63) is 74.2 Å². The van der Waals surface area contributed by atoms with Gasteiger partial charge in [-0.1, -0.05) is 53.4 Å². The normalized spacial score (nSPS) is 22.7. The third-order valence-corrected chi connectivity index (χ3v) is 8.06. The van der Waals surface area contributed by atoms with Crippen LogP contribution in [0.1, 0.15) is 21.9 Å². The Morgan fingerprint density at radius 1 is 1.00 bits per heavy atom. The number of amides is 2. The molecule has 8 heteroatoms. The van der Waals surface area contributed by atoms with Crippen molar-refractivity contribution in [3.8, 4) is 5.75 Å². The van der Waals surface area contributed by atoms with Gasteiger partial charge < -0.3 is 9.72 Å². The molecular weight excluding hydrogens is 420 g/mol. The van der Waals surface area contributed by atoms with Gasteiger partial charge in [0.2, 0.25) is 11.8 Å². The fraction of sp³-hybridized carbons (Fsp3) is 0.227. The van der Waals surface area contributed by atoms with Gasteiger partial charge in [-0.05, 0) is 36.2 Å². The van der Waals surface area contributed by atoms with Crippen molar-refractivity contribution in [2.24, 2.45) is 5.92 Å². The second kappa shape index (κ2) is 7.14. The number of carbonyl (C=O) groups is 2. The van der Waals surface area contributed by atoms with Crippen LogP contribution in [0.5, 0.6) is 5.75 Å². The lowest BCUT2D eigenvalue weighted by Gasteiger charge is -2.29. The number of H-pyrrole nitrogens is 1. The minimum absolute atomic E-state index is 0.179. The van der Waals surface area contributed by atoms with Crippen molar-refractivity contribution in [1.29, 1.82) is 0 Å². The fourth-order valence-corrected chi connectivity index (χ4v) is 6.75. The number of hydrogen-bond acceptors (Lipinski definition) is 6. The van der Waals surface area contributed by atoms with Crippen LogP contribution in [0.4, 0.5) is 5.69 Å². The molecule has 5 rings (SSSR count). The highest BCUT2D eigenvalue weighted by Gasteiger charge is 2.56. The minimum atomic E-state index is -0.582. The van der Waals surface area contributed by atoms with Crippen LogP contribution in [-0.2, 0) is 9.59 Å². The maximum atomic E-state index is 13.6. The molecule has 0 bridgehead atoms. The van der Waals surface area contributed by atoms with Gasteiger partial charge in [0.15, 0.2) is 0 Å². The van der Waals surface area contributed by atoms with Gasteiger partial charge in [0.25, 0.3) is 0 Å². The number of ether oxygens (including phenoxy) is 1. The van der Waals surface area contributed by atoms with E-state index in [9.17, 15) is 14.4 Å². The monoisotopic (exact) mass is 438 g/mol. The first-order valence-corrected chi connectivity index (χ1v) is 11.2. The molecular formula is C22H18N2O4S2. The first-order chi connectivity index (χ1) is 14.5. The predicted molar refractivity (Wildman–Crippen MR) is 117 cm³/mol. The summed E-state index contributed by atoms with van der Waals surface area (Å²) in [5, 5.41) is 0.0989. The number of benzene rings is 2. The van der Waals surface area contributed by atoms with E-state index in [2.05, 4.69) is 4.98 Å². The number of fused-ring (bicyclic) bond motifs is 2. The Balaban J connectivity index is 1.65. The number of nitrogens with zero attached hydrogens (tertiary/aromatic N) is 1. The smallest absolute Gasteiger partial charge is 0.305 e. The number of imide groups is 1. The topological polar surface area (TPSA) is 79.5 Å². The van der Waals surface area contributed by atoms with Crippen LogP contribution in [0, 0.1) is 12.8 Å². The summed E-state index contributed by atoms with van der Waals surface area (Å²) in [4.78, 5) is 43.9. The predicted octanol–water partition coefficient (Wildman–Crippen LogP) is 3.55. The average Bonchev–Trinajstić information content (AvgIpc) is 3.24. The number of thioether (sulfide) groups is 1. The first kappa shape index (κ1) is 19.1. The molecule has 2 aromatic carbocycles. The van der Waals surface area contributed by atoms with E-state index >= 15 is 0 Å². The van der Waals surface area contributed by atoms with E-state index in [0.717, 1.165) is 27.3 Å². The van der Waals surface area contributed by atoms with Crippen LogP contribution in [0.15, 0.2) is 58.4 Å². The summed E-state index contributed by atoms with van der Waals surface area (Å²) in [6.45, 7) is 1.89.